The highest BCUT2D eigenvalue weighted by Gasteiger charge is 2.27. The molecule has 0 unspecified atom stereocenters. The van der Waals surface area contributed by atoms with Gasteiger partial charge in [-0.3, -0.25) is 14.5 Å². The van der Waals surface area contributed by atoms with E-state index in [0.717, 1.165) is 4.90 Å². The molecule has 0 saturated carbocycles. The van der Waals surface area contributed by atoms with E-state index in [4.69, 9.17) is 4.74 Å². The SMILES string of the molecule is O=C(COc1ccccc1)NCCN1C(=O)CNC1=O. The molecule has 1 heterocycles. The van der Waals surface area contributed by atoms with Crippen LogP contribution < -0.4 is 15.4 Å². The van der Waals surface area contributed by atoms with Gasteiger partial charge >= 0.3 is 6.03 Å². The Balaban J connectivity index is 1.65. The number of imide groups is 1. The van der Waals surface area contributed by atoms with Crippen LogP contribution in [0.3, 0.4) is 0 Å². The Morgan fingerprint density at radius 3 is 2.70 bits per heavy atom. The Hall–Kier alpha value is -2.57. The van der Waals surface area contributed by atoms with Crippen LogP contribution in [-0.4, -0.2) is 49.0 Å². The van der Waals surface area contributed by atoms with E-state index in [0.29, 0.717) is 5.75 Å². The van der Waals surface area contributed by atoms with Gasteiger partial charge in [0.05, 0.1) is 6.54 Å². The number of amides is 4. The topological polar surface area (TPSA) is 87.7 Å². The van der Waals surface area contributed by atoms with Crippen LogP contribution >= 0.6 is 0 Å². The number of hydrogen-bond donors (Lipinski definition) is 2. The van der Waals surface area contributed by atoms with Crippen molar-refractivity contribution in [3.05, 3.63) is 30.3 Å². The van der Waals surface area contributed by atoms with E-state index in [1.807, 2.05) is 18.2 Å². The number of rotatable bonds is 6. The molecule has 1 aromatic carbocycles. The molecule has 7 heteroatoms. The molecule has 1 aliphatic rings. The summed E-state index contributed by atoms with van der Waals surface area (Å²) in [7, 11) is 0. The zero-order chi connectivity index (χ0) is 14.4. The van der Waals surface area contributed by atoms with E-state index in [-0.39, 0.29) is 38.1 Å². The first-order valence-corrected chi connectivity index (χ1v) is 6.19. The van der Waals surface area contributed by atoms with Gasteiger partial charge in [-0.2, -0.15) is 0 Å². The molecule has 0 aliphatic carbocycles. The van der Waals surface area contributed by atoms with Crippen molar-refractivity contribution in [1.82, 2.24) is 15.5 Å². The van der Waals surface area contributed by atoms with Gasteiger partial charge < -0.3 is 15.4 Å². The van der Waals surface area contributed by atoms with E-state index < -0.39 is 6.03 Å². The summed E-state index contributed by atoms with van der Waals surface area (Å²) in [5.41, 5.74) is 0. The maximum Gasteiger partial charge on any atom is 0.324 e. The van der Waals surface area contributed by atoms with Crippen LogP contribution in [0.4, 0.5) is 4.79 Å². The second-order valence-corrected chi connectivity index (χ2v) is 4.16. The van der Waals surface area contributed by atoms with E-state index >= 15 is 0 Å². The first-order valence-electron chi connectivity index (χ1n) is 6.19. The second-order valence-electron chi connectivity index (χ2n) is 4.16. The minimum absolute atomic E-state index is 0.0178. The maximum absolute atomic E-state index is 11.5. The number of ether oxygens (including phenoxy) is 1. The van der Waals surface area contributed by atoms with Crippen molar-refractivity contribution in [2.24, 2.45) is 0 Å². The predicted molar refractivity (Wildman–Crippen MR) is 70.1 cm³/mol. The molecule has 1 fully saturated rings. The number of hydrogen-bond acceptors (Lipinski definition) is 4. The Labute approximate surface area is 115 Å². The lowest BCUT2D eigenvalue weighted by atomic mass is 10.3. The average molecular weight is 277 g/mol. The summed E-state index contributed by atoms with van der Waals surface area (Å²) in [5.74, 6) is 0.0161. The quantitative estimate of drug-likeness (QED) is 0.701. The normalized spacial score (nSPS) is 14.1. The zero-order valence-corrected chi connectivity index (χ0v) is 10.8. The van der Waals surface area contributed by atoms with Crippen molar-refractivity contribution in [1.29, 1.82) is 0 Å². The number of carbonyl (C=O) groups excluding carboxylic acids is 3. The Morgan fingerprint density at radius 1 is 1.30 bits per heavy atom. The van der Waals surface area contributed by atoms with E-state index in [1.54, 1.807) is 12.1 Å². The lowest BCUT2D eigenvalue weighted by molar-refractivity contribution is -0.126. The van der Waals surface area contributed by atoms with Crippen LogP contribution in [0.5, 0.6) is 5.75 Å². The van der Waals surface area contributed by atoms with Crippen LogP contribution in [0.15, 0.2) is 30.3 Å². The first-order chi connectivity index (χ1) is 9.66. The molecule has 2 rings (SSSR count). The van der Waals surface area contributed by atoms with Gasteiger partial charge in [0.25, 0.3) is 5.91 Å². The van der Waals surface area contributed by atoms with Gasteiger partial charge in [0.2, 0.25) is 5.91 Å². The summed E-state index contributed by atoms with van der Waals surface area (Å²) < 4.78 is 5.26. The van der Waals surface area contributed by atoms with Gasteiger partial charge in [0.1, 0.15) is 5.75 Å². The molecule has 7 nitrogen and oxygen atoms in total. The molecule has 4 amide bonds. The summed E-state index contributed by atoms with van der Waals surface area (Å²) in [6, 6.07) is 8.55. The Kier molecular flexibility index (Phi) is 4.54. The smallest absolute Gasteiger partial charge is 0.324 e. The molecule has 1 aliphatic heterocycles. The number of urea groups is 1. The molecule has 1 aromatic rings. The minimum atomic E-state index is -0.426. The lowest BCUT2D eigenvalue weighted by Gasteiger charge is -2.13. The molecule has 0 atom stereocenters. The Morgan fingerprint density at radius 2 is 2.05 bits per heavy atom. The molecule has 20 heavy (non-hydrogen) atoms. The third kappa shape index (κ3) is 3.71. The van der Waals surface area contributed by atoms with Crippen LogP contribution in [0.25, 0.3) is 0 Å². The third-order valence-corrected chi connectivity index (χ3v) is 2.71. The van der Waals surface area contributed by atoms with Crippen molar-refractivity contribution < 1.29 is 19.1 Å². The van der Waals surface area contributed by atoms with Crippen LogP contribution in [0.1, 0.15) is 0 Å². The van der Waals surface area contributed by atoms with E-state index in [9.17, 15) is 14.4 Å². The maximum atomic E-state index is 11.5. The summed E-state index contributed by atoms with van der Waals surface area (Å²) in [6.45, 7) is 0.270. The van der Waals surface area contributed by atoms with Crippen molar-refractivity contribution >= 4 is 17.8 Å². The average Bonchev–Trinajstić information content (AvgIpc) is 2.78. The fourth-order valence-electron chi connectivity index (χ4n) is 1.71. The van der Waals surface area contributed by atoms with Crippen molar-refractivity contribution in [3.63, 3.8) is 0 Å². The van der Waals surface area contributed by atoms with Crippen molar-refractivity contribution in [2.45, 2.75) is 0 Å². The fourth-order valence-corrected chi connectivity index (χ4v) is 1.71. The first kappa shape index (κ1) is 13.9. The van der Waals surface area contributed by atoms with Crippen molar-refractivity contribution in [3.8, 4) is 5.75 Å². The standard InChI is InChI=1S/C13H15N3O4/c17-11(9-20-10-4-2-1-3-5-10)14-6-7-16-12(18)8-15-13(16)19/h1-5H,6-9H2,(H,14,17)(H,15,19). The van der Waals surface area contributed by atoms with E-state index in [1.165, 1.54) is 0 Å². The number of para-hydroxylation sites is 1. The number of carbonyl (C=O) groups is 3. The molecule has 106 valence electrons. The minimum Gasteiger partial charge on any atom is -0.484 e. The van der Waals surface area contributed by atoms with E-state index in [2.05, 4.69) is 10.6 Å². The number of nitrogens with one attached hydrogen (secondary N) is 2. The van der Waals surface area contributed by atoms with Gasteiger partial charge in [-0.15, -0.1) is 0 Å². The molecular formula is C13H15N3O4. The van der Waals surface area contributed by atoms with Crippen LogP contribution in [0.2, 0.25) is 0 Å². The molecular weight excluding hydrogens is 262 g/mol. The number of nitrogens with zero attached hydrogens (tertiary/aromatic N) is 1. The van der Waals surface area contributed by atoms with Gasteiger partial charge in [-0.25, -0.2) is 4.79 Å². The molecule has 1 saturated heterocycles. The van der Waals surface area contributed by atoms with Crippen LogP contribution in [0, 0.1) is 0 Å². The van der Waals surface area contributed by atoms with Gasteiger partial charge in [-0.1, -0.05) is 18.2 Å². The summed E-state index contributed by atoms with van der Waals surface area (Å²) in [5, 5.41) is 4.99. The molecule has 0 aromatic heterocycles. The molecule has 2 N–H and O–H groups in total. The van der Waals surface area contributed by atoms with Crippen LogP contribution in [-0.2, 0) is 9.59 Å². The monoisotopic (exact) mass is 277 g/mol. The second kappa shape index (κ2) is 6.55. The van der Waals surface area contributed by atoms with Crippen molar-refractivity contribution in [2.75, 3.05) is 26.2 Å². The molecule has 0 spiro atoms. The zero-order valence-electron chi connectivity index (χ0n) is 10.8. The van der Waals surface area contributed by atoms with Gasteiger partial charge in [0.15, 0.2) is 6.61 Å². The molecule has 0 radical (unpaired) electrons. The van der Waals surface area contributed by atoms with Gasteiger partial charge in [0, 0.05) is 13.1 Å². The summed E-state index contributed by atoms with van der Waals surface area (Å²) >= 11 is 0. The third-order valence-electron chi connectivity index (χ3n) is 2.71. The largest absolute Gasteiger partial charge is 0.484 e. The highest BCUT2D eigenvalue weighted by molar-refractivity contribution is 6.01. The predicted octanol–water partition coefficient (Wildman–Crippen LogP) is -0.267. The Bertz CT molecular complexity index is 488. The summed E-state index contributed by atoms with van der Waals surface area (Å²) in [6.07, 6.45) is 0. The van der Waals surface area contributed by atoms with Gasteiger partial charge in [-0.05, 0) is 12.1 Å². The highest BCUT2D eigenvalue weighted by Crippen LogP contribution is 2.07. The number of benzene rings is 1. The fraction of sp³-hybridized carbons (Fsp3) is 0.308. The lowest BCUT2D eigenvalue weighted by Crippen LogP contribution is -2.39. The summed E-state index contributed by atoms with van der Waals surface area (Å²) in [4.78, 5) is 35.1. The highest BCUT2D eigenvalue weighted by atomic mass is 16.5. The molecule has 0 bridgehead atoms.